The van der Waals surface area contributed by atoms with Crippen molar-refractivity contribution in [1.82, 2.24) is 4.90 Å². The predicted octanol–water partition coefficient (Wildman–Crippen LogP) is 2.72. The zero-order valence-electron chi connectivity index (χ0n) is 14.8. The van der Waals surface area contributed by atoms with Crippen molar-refractivity contribution in [3.8, 4) is 5.75 Å². The highest BCUT2D eigenvalue weighted by molar-refractivity contribution is 7.93. The van der Waals surface area contributed by atoms with E-state index in [1.54, 1.807) is 12.1 Å². The molecule has 2 aliphatic rings. The van der Waals surface area contributed by atoms with Gasteiger partial charge in [-0.15, -0.1) is 0 Å². The Bertz CT molecular complexity index is 1150. The second-order valence-electron chi connectivity index (χ2n) is 6.96. The van der Waals surface area contributed by atoms with E-state index in [2.05, 4.69) is 0 Å². The van der Waals surface area contributed by atoms with Gasteiger partial charge < -0.3 is 10.0 Å². The van der Waals surface area contributed by atoms with Gasteiger partial charge in [0.15, 0.2) is 0 Å². The molecule has 2 aromatic carbocycles. The average molecular weight is 418 g/mol. The normalized spacial score (nSPS) is 23.1. The average Bonchev–Trinajstić information content (AvgIpc) is 2.87. The molecule has 1 amide bonds. The fourth-order valence-corrected chi connectivity index (χ4v) is 5.83. The molecule has 28 heavy (non-hydrogen) atoms. The minimum atomic E-state index is -4.15. The Morgan fingerprint density at radius 3 is 2.46 bits per heavy atom. The molecule has 2 heterocycles. The van der Waals surface area contributed by atoms with E-state index in [0.29, 0.717) is 10.6 Å². The lowest BCUT2D eigenvalue weighted by Crippen LogP contribution is -2.67. The van der Waals surface area contributed by atoms with Crippen LogP contribution in [0.4, 0.5) is 0 Å². The molecule has 2 fully saturated rings. The van der Waals surface area contributed by atoms with E-state index in [-0.39, 0.29) is 22.8 Å². The molecule has 2 aromatic rings. The lowest BCUT2D eigenvalue weighted by Gasteiger charge is -2.44. The zero-order chi connectivity index (χ0) is 20.3. The van der Waals surface area contributed by atoms with Gasteiger partial charge in [0.1, 0.15) is 5.75 Å². The number of benzene rings is 2. The quantitative estimate of drug-likeness (QED) is 0.612. The van der Waals surface area contributed by atoms with Gasteiger partial charge >= 0.3 is 0 Å². The third kappa shape index (κ3) is 2.50. The highest BCUT2D eigenvalue weighted by Gasteiger charge is 2.69. The Balaban J connectivity index is 1.81. The molecule has 0 radical (unpaired) electrons. The number of hydrogen-bond acceptors (Lipinski definition) is 5. The van der Waals surface area contributed by atoms with Crippen molar-refractivity contribution in [3.63, 3.8) is 0 Å². The molecule has 0 aromatic heterocycles. The molecule has 144 valence electrons. The first-order chi connectivity index (χ1) is 13.2. The number of amides is 1. The van der Waals surface area contributed by atoms with Crippen LogP contribution >= 0.6 is 11.6 Å². The van der Waals surface area contributed by atoms with Gasteiger partial charge in [-0.2, -0.15) is 0 Å². The summed E-state index contributed by atoms with van der Waals surface area (Å²) in [4.78, 5) is 24.4. The smallest absolute Gasteiger partial charge is 0.228 e. The summed E-state index contributed by atoms with van der Waals surface area (Å²) in [6, 6.07) is 10.4. The first kappa shape index (κ1) is 18.7. The zero-order valence-corrected chi connectivity index (χ0v) is 16.4. The van der Waals surface area contributed by atoms with Gasteiger partial charge in [0.05, 0.1) is 17.9 Å². The molecule has 8 heteroatoms. The number of halogens is 1. The number of Topliss-reactive ketones (excluding diaryl/α,β-unsaturated/α-hetero) is 1. The molecule has 1 unspecified atom stereocenters. The molecule has 4 rings (SSSR count). The van der Waals surface area contributed by atoms with Crippen LogP contribution in [-0.4, -0.2) is 41.5 Å². The summed E-state index contributed by atoms with van der Waals surface area (Å²) in [5.41, 5.74) is 1.44. The summed E-state index contributed by atoms with van der Waals surface area (Å²) in [6.07, 6.45) is 1.06. The van der Waals surface area contributed by atoms with Crippen molar-refractivity contribution < 1.29 is 23.1 Å². The van der Waals surface area contributed by atoms with E-state index in [1.165, 1.54) is 36.4 Å². The van der Waals surface area contributed by atoms with E-state index >= 15 is 0 Å². The number of hydrogen-bond donors (Lipinski definition) is 1. The van der Waals surface area contributed by atoms with Crippen molar-refractivity contribution in [2.24, 2.45) is 0 Å². The molecule has 2 saturated heterocycles. The molecule has 0 spiro atoms. The van der Waals surface area contributed by atoms with E-state index in [9.17, 15) is 23.1 Å². The van der Waals surface area contributed by atoms with Gasteiger partial charge in [-0.05, 0) is 49.4 Å². The minimum absolute atomic E-state index is 0.0268. The lowest BCUT2D eigenvalue weighted by atomic mass is 9.98. The Hall–Kier alpha value is -2.64. The maximum absolute atomic E-state index is 13.3. The van der Waals surface area contributed by atoms with Crippen LogP contribution in [-0.2, 0) is 19.4 Å². The first-order valence-corrected chi connectivity index (χ1v) is 10.4. The highest BCUT2D eigenvalue weighted by atomic mass is 35.5. The number of fused-ring (bicyclic) bond motifs is 1. The SMILES string of the molecule is Cc1ccc(O)c(C=C2CN3C(=O)CC3(S(=O)(=O)c3ccc(Cl)cc3)C2=O)c1. The number of β-lactam (4-membered cyclic amide) rings is 1. The number of carbonyl (C=O) groups is 2. The number of ketones is 1. The van der Waals surface area contributed by atoms with Crippen LogP contribution in [0.5, 0.6) is 5.75 Å². The van der Waals surface area contributed by atoms with Gasteiger partial charge in [0, 0.05) is 16.2 Å². The Morgan fingerprint density at radius 1 is 1.14 bits per heavy atom. The maximum Gasteiger partial charge on any atom is 0.228 e. The molecule has 0 aliphatic carbocycles. The molecule has 0 bridgehead atoms. The number of aromatic hydroxyl groups is 1. The first-order valence-electron chi connectivity index (χ1n) is 8.52. The van der Waals surface area contributed by atoms with Crippen LogP contribution < -0.4 is 0 Å². The summed E-state index contributed by atoms with van der Waals surface area (Å²) in [5.74, 6) is -1.06. The molecule has 6 nitrogen and oxygen atoms in total. The van der Waals surface area contributed by atoms with Gasteiger partial charge in [0.2, 0.25) is 26.4 Å². The van der Waals surface area contributed by atoms with Crippen LogP contribution in [0.25, 0.3) is 6.08 Å². The van der Waals surface area contributed by atoms with Gasteiger partial charge in [-0.25, -0.2) is 8.42 Å². The topological polar surface area (TPSA) is 91.8 Å². The number of phenolic OH excluding ortho intramolecular Hbond substituents is 1. The third-order valence-corrected chi connectivity index (χ3v) is 7.77. The van der Waals surface area contributed by atoms with Crippen molar-refractivity contribution in [2.75, 3.05) is 6.54 Å². The Labute approximate surface area is 167 Å². The van der Waals surface area contributed by atoms with Crippen molar-refractivity contribution in [1.29, 1.82) is 0 Å². The molecule has 2 aliphatic heterocycles. The molecular formula is C20H16ClNO5S. The monoisotopic (exact) mass is 417 g/mol. The number of phenols is 1. The molecule has 0 saturated carbocycles. The number of nitrogens with zero attached hydrogens (tertiary/aromatic N) is 1. The van der Waals surface area contributed by atoms with Crippen molar-refractivity contribution in [2.45, 2.75) is 23.1 Å². The second kappa shape index (κ2) is 6.18. The minimum Gasteiger partial charge on any atom is -0.507 e. The van der Waals surface area contributed by atoms with Crippen LogP contribution in [0.2, 0.25) is 5.02 Å². The van der Waals surface area contributed by atoms with Crippen LogP contribution in [0, 0.1) is 6.92 Å². The van der Waals surface area contributed by atoms with Gasteiger partial charge in [0.25, 0.3) is 0 Å². The van der Waals surface area contributed by atoms with Gasteiger partial charge in [-0.3, -0.25) is 9.59 Å². The fraction of sp³-hybridized carbons (Fsp3) is 0.200. The molecular weight excluding hydrogens is 402 g/mol. The van der Waals surface area contributed by atoms with Crippen molar-refractivity contribution >= 4 is 39.2 Å². The number of aryl methyl sites for hydroxylation is 1. The second-order valence-corrected chi connectivity index (χ2v) is 9.55. The summed E-state index contributed by atoms with van der Waals surface area (Å²) in [5, 5.41) is 10.4. The van der Waals surface area contributed by atoms with Crippen LogP contribution in [0.3, 0.4) is 0 Å². The Kier molecular flexibility index (Phi) is 4.13. The predicted molar refractivity (Wildman–Crippen MR) is 104 cm³/mol. The summed E-state index contributed by atoms with van der Waals surface area (Å²) >= 11 is 5.83. The third-order valence-electron chi connectivity index (χ3n) is 5.18. The summed E-state index contributed by atoms with van der Waals surface area (Å²) < 4.78 is 26.5. The molecule has 1 atom stereocenters. The summed E-state index contributed by atoms with van der Waals surface area (Å²) in [6.45, 7) is 1.72. The van der Waals surface area contributed by atoms with E-state index in [1.807, 2.05) is 6.92 Å². The van der Waals surface area contributed by atoms with E-state index in [0.717, 1.165) is 10.5 Å². The summed E-state index contributed by atoms with van der Waals surface area (Å²) in [7, 11) is -4.15. The van der Waals surface area contributed by atoms with Crippen LogP contribution in [0.15, 0.2) is 52.9 Å². The van der Waals surface area contributed by atoms with Gasteiger partial charge in [-0.1, -0.05) is 23.2 Å². The largest absolute Gasteiger partial charge is 0.507 e. The van der Waals surface area contributed by atoms with Crippen molar-refractivity contribution in [3.05, 3.63) is 64.2 Å². The number of rotatable bonds is 3. The Morgan fingerprint density at radius 2 is 1.82 bits per heavy atom. The van der Waals surface area contributed by atoms with E-state index < -0.39 is 32.8 Å². The van der Waals surface area contributed by atoms with E-state index in [4.69, 9.17) is 11.6 Å². The number of sulfone groups is 1. The lowest BCUT2D eigenvalue weighted by molar-refractivity contribution is -0.150. The van der Waals surface area contributed by atoms with Crippen LogP contribution in [0.1, 0.15) is 17.5 Å². The highest BCUT2D eigenvalue weighted by Crippen LogP contribution is 2.48. The fourth-order valence-electron chi connectivity index (χ4n) is 3.68. The molecule has 1 N–H and O–H groups in total. The maximum atomic E-state index is 13.3. The number of carbonyl (C=O) groups excluding carboxylic acids is 2. The standard InChI is InChI=1S/C20H16ClNO5S/c1-12-2-7-17(23)13(8-12)9-14-11-22-18(24)10-20(22,19(14)25)28(26,27)16-5-3-15(21)4-6-16/h2-9,23H,10-11H2,1H3.